The number of hydrogen-bond acceptors (Lipinski definition) is 4. The first kappa shape index (κ1) is 10.9. The van der Waals surface area contributed by atoms with Gasteiger partial charge in [-0.15, -0.1) is 0 Å². The van der Waals surface area contributed by atoms with E-state index in [9.17, 15) is 4.79 Å². The topological polar surface area (TPSA) is 51.4 Å². The zero-order valence-corrected chi connectivity index (χ0v) is 10.9. The van der Waals surface area contributed by atoms with Crippen molar-refractivity contribution in [2.24, 2.45) is 17.8 Å². The minimum absolute atomic E-state index is 0.0121. The Morgan fingerprint density at radius 3 is 2.47 bits per heavy atom. The Kier molecular flexibility index (Phi) is 1.75. The van der Waals surface area contributed by atoms with E-state index >= 15 is 0 Å². The number of carbonyl (C=O) groups is 1. The molecule has 5 fully saturated rings. The maximum Gasteiger partial charge on any atom is 0.334 e. The molecule has 0 aromatic carbocycles. The molecular weight excluding hydrogens is 244 g/mol. The van der Waals surface area contributed by atoms with Gasteiger partial charge in [-0.05, 0) is 31.6 Å². The minimum atomic E-state index is -0.191. The second-order valence-corrected chi connectivity index (χ2v) is 6.92. The van der Waals surface area contributed by atoms with E-state index in [4.69, 9.17) is 14.2 Å². The Hall–Kier alpha value is -0.870. The van der Waals surface area contributed by atoms with Gasteiger partial charge in [-0.2, -0.15) is 0 Å². The predicted octanol–water partition coefficient (Wildman–Crippen LogP) is 1.44. The third-order valence-electron chi connectivity index (χ3n) is 6.21. The smallest absolute Gasteiger partial charge is 0.334 e. The van der Waals surface area contributed by atoms with E-state index in [-0.39, 0.29) is 29.2 Å². The second-order valence-electron chi connectivity index (χ2n) is 6.92. The third kappa shape index (κ3) is 1.20. The zero-order valence-electron chi connectivity index (χ0n) is 10.9. The molecule has 3 aliphatic heterocycles. The first-order valence-corrected chi connectivity index (χ1v) is 7.33. The molecule has 2 aliphatic carbocycles. The number of epoxide rings is 2. The number of fused-ring (bicyclic) bond motifs is 5. The molecular formula is C15H18O4. The van der Waals surface area contributed by atoms with E-state index in [1.807, 2.05) is 0 Å². The molecule has 2 unspecified atom stereocenters. The van der Waals surface area contributed by atoms with Gasteiger partial charge in [0, 0.05) is 17.4 Å². The lowest BCUT2D eigenvalue weighted by Gasteiger charge is -2.29. The normalized spacial score (nSPS) is 57.9. The molecule has 0 N–H and O–H groups in total. The fourth-order valence-corrected chi connectivity index (χ4v) is 4.99. The summed E-state index contributed by atoms with van der Waals surface area (Å²) in [6.07, 6.45) is 4.25. The molecule has 0 amide bonds. The predicted molar refractivity (Wildman–Crippen MR) is 65.3 cm³/mol. The van der Waals surface area contributed by atoms with Gasteiger partial charge in [-0.3, -0.25) is 0 Å². The van der Waals surface area contributed by atoms with E-state index < -0.39 is 0 Å². The molecule has 3 saturated heterocycles. The molecule has 2 saturated carbocycles. The average Bonchev–Trinajstić information content (AvgIpc) is 3.26. The summed E-state index contributed by atoms with van der Waals surface area (Å²) in [5, 5.41) is 0. The molecule has 4 heteroatoms. The molecule has 2 spiro atoms. The number of hydrogen-bond donors (Lipinski definition) is 0. The number of ether oxygens (including phenoxy) is 3. The number of rotatable bonds is 0. The molecule has 0 aromatic heterocycles. The molecule has 3 heterocycles. The van der Waals surface area contributed by atoms with Crippen LogP contribution >= 0.6 is 0 Å². The maximum absolute atomic E-state index is 11.9. The van der Waals surface area contributed by atoms with E-state index in [1.165, 1.54) is 0 Å². The van der Waals surface area contributed by atoms with Crippen LogP contribution in [0.1, 0.15) is 25.7 Å². The Balaban J connectivity index is 1.60. The molecule has 0 radical (unpaired) electrons. The lowest BCUT2D eigenvalue weighted by Crippen LogP contribution is -2.40. The van der Waals surface area contributed by atoms with Crippen molar-refractivity contribution in [2.45, 2.75) is 43.0 Å². The summed E-state index contributed by atoms with van der Waals surface area (Å²) in [6.45, 7) is 5.67. The van der Waals surface area contributed by atoms with Crippen LogP contribution in [0.25, 0.3) is 0 Å². The van der Waals surface area contributed by atoms with Gasteiger partial charge >= 0.3 is 5.97 Å². The lowest BCUT2D eigenvalue weighted by molar-refractivity contribution is -0.143. The highest BCUT2D eigenvalue weighted by molar-refractivity contribution is 5.90. The Morgan fingerprint density at radius 1 is 1.11 bits per heavy atom. The van der Waals surface area contributed by atoms with Crippen molar-refractivity contribution < 1.29 is 19.0 Å². The van der Waals surface area contributed by atoms with Crippen LogP contribution in [0.3, 0.4) is 0 Å². The fourth-order valence-electron chi connectivity index (χ4n) is 4.99. The van der Waals surface area contributed by atoms with Crippen molar-refractivity contribution in [2.75, 3.05) is 13.2 Å². The minimum Gasteiger partial charge on any atom is -0.458 e. The highest BCUT2D eigenvalue weighted by Gasteiger charge is 2.71. The average molecular weight is 262 g/mol. The van der Waals surface area contributed by atoms with Crippen LogP contribution in [0.5, 0.6) is 0 Å². The van der Waals surface area contributed by atoms with Crippen molar-refractivity contribution in [3.05, 3.63) is 12.2 Å². The van der Waals surface area contributed by atoms with E-state index in [1.54, 1.807) is 0 Å². The standard InChI is InChI=1S/C15H18O4/c1-8-9-2-4-14(6-17-14)10-3-5-15(7-18-15)11(10)12(9)19-13(8)16/h9-12H,1-7H2/t9-,10+,11-,12-,14?,15?/m0/s1. The highest BCUT2D eigenvalue weighted by Crippen LogP contribution is 2.64. The van der Waals surface area contributed by atoms with Crippen molar-refractivity contribution in [1.82, 2.24) is 0 Å². The quantitative estimate of drug-likeness (QED) is 0.376. The number of esters is 1. The maximum atomic E-state index is 11.9. The molecule has 0 aromatic rings. The molecule has 5 aliphatic rings. The molecule has 5 rings (SSSR count). The van der Waals surface area contributed by atoms with E-state index in [0.717, 1.165) is 38.9 Å². The van der Waals surface area contributed by atoms with Crippen LogP contribution in [0.2, 0.25) is 0 Å². The van der Waals surface area contributed by atoms with Gasteiger partial charge in [0.05, 0.1) is 24.4 Å². The summed E-state index contributed by atoms with van der Waals surface area (Å²) in [4.78, 5) is 11.9. The molecule has 0 bridgehead atoms. The SMILES string of the molecule is C=C1C(=O)O[C@@H]2[C@@H]3[C@@H](CCC34CO4)C3(CC[C@@H]12)CO3. The monoisotopic (exact) mass is 262 g/mol. The Labute approximate surface area is 112 Å². The summed E-state index contributed by atoms with van der Waals surface area (Å²) < 4.78 is 17.4. The van der Waals surface area contributed by atoms with Gasteiger partial charge in [0.2, 0.25) is 0 Å². The summed E-state index contributed by atoms with van der Waals surface area (Å²) >= 11 is 0. The molecule has 6 atom stereocenters. The van der Waals surface area contributed by atoms with Crippen LogP contribution in [-0.2, 0) is 19.0 Å². The van der Waals surface area contributed by atoms with Gasteiger partial charge < -0.3 is 14.2 Å². The zero-order chi connectivity index (χ0) is 12.8. The van der Waals surface area contributed by atoms with Crippen LogP contribution in [0.4, 0.5) is 0 Å². The van der Waals surface area contributed by atoms with Gasteiger partial charge in [0.25, 0.3) is 0 Å². The van der Waals surface area contributed by atoms with Crippen LogP contribution in [0.15, 0.2) is 12.2 Å². The van der Waals surface area contributed by atoms with Gasteiger partial charge in [-0.1, -0.05) is 6.58 Å². The molecule has 19 heavy (non-hydrogen) atoms. The van der Waals surface area contributed by atoms with Crippen LogP contribution in [-0.4, -0.2) is 36.5 Å². The van der Waals surface area contributed by atoms with Crippen LogP contribution in [0, 0.1) is 17.8 Å². The highest BCUT2D eigenvalue weighted by atomic mass is 16.6. The Morgan fingerprint density at radius 2 is 1.79 bits per heavy atom. The molecule has 4 nitrogen and oxygen atoms in total. The summed E-state index contributed by atoms with van der Waals surface area (Å²) in [5.74, 6) is 0.821. The van der Waals surface area contributed by atoms with Gasteiger partial charge in [-0.25, -0.2) is 4.79 Å². The van der Waals surface area contributed by atoms with Crippen molar-refractivity contribution in [3.63, 3.8) is 0 Å². The van der Waals surface area contributed by atoms with E-state index in [0.29, 0.717) is 17.4 Å². The molecule has 102 valence electrons. The van der Waals surface area contributed by atoms with E-state index in [2.05, 4.69) is 6.58 Å². The number of carbonyl (C=O) groups excluding carboxylic acids is 1. The summed E-state index contributed by atoms with van der Waals surface area (Å²) in [7, 11) is 0. The Bertz CT molecular complexity index is 488. The van der Waals surface area contributed by atoms with Crippen molar-refractivity contribution >= 4 is 5.97 Å². The largest absolute Gasteiger partial charge is 0.458 e. The summed E-state index contributed by atoms with van der Waals surface area (Å²) in [6, 6.07) is 0. The third-order valence-corrected chi connectivity index (χ3v) is 6.21. The van der Waals surface area contributed by atoms with Crippen molar-refractivity contribution in [3.8, 4) is 0 Å². The first-order valence-electron chi connectivity index (χ1n) is 7.33. The van der Waals surface area contributed by atoms with Crippen LogP contribution < -0.4 is 0 Å². The first-order chi connectivity index (χ1) is 9.15. The lowest BCUT2D eigenvalue weighted by atomic mass is 9.77. The van der Waals surface area contributed by atoms with Gasteiger partial charge in [0.15, 0.2) is 0 Å². The second kappa shape index (κ2) is 3.07. The summed E-state index contributed by atoms with van der Waals surface area (Å²) in [5.41, 5.74) is 0.725. The van der Waals surface area contributed by atoms with Crippen molar-refractivity contribution in [1.29, 1.82) is 0 Å². The fraction of sp³-hybridized carbons (Fsp3) is 0.800. The van der Waals surface area contributed by atoms with Gasteiger partial charge in [0.1, 0.15) is 6.10 Å².